The molecule has 0 radical (unpaired) electrons. The van der Waals surface area contributed by atoms with Gasteiger partial charge in [-0.15, -0.1) is 5.10 Å². The number of carbonyl (C=O) groups excluding carboxylic acids is 1. The van der Waals surface area contributed by atoms with Crippen LogP contribution in [-0.4, -0.2) is 66.2 Å². The number of fused-ring (bicyclic) bond motifs is 1. The Hall–Kier alpha value is -2.35. The van der Waals surface area contributed by atoms with Crippen molar-refractivity contribution in [1.82, 2.24) is 25.2 Å². The molecule has 1 aliphatic heterocycles. The fourth-order valence-corrected chi connectivity index (χ4v) is 2.55. The molecule has 8 nitrogen and oxygen atoms in total. The van der Waals surface area contributed by atoms with Crippen molar-refractivity contribution in [2.45, 2.75) is 6.54 Å². The summed E-state index contributed by atoms with van der Waals surface area (Å²) in [5.74, 6) is 1.23. The van der Waals surface area contributed by atoms with Crippen LogP contribution in [0.25, 0.3) is 11.0 Å². The molecule has 1 aromatic heterocycles. The van der Waals surface area contributed by atoms with Crippen LogP contribution in [0.5, 0.6) is 11.5 Å². The third kappa shape index (κ3) is 2.69. The maximum atomic E-state index is 12.3. The zero-order valence-corrected chi connectivity index (χ0v) is 12.7. The van der Waals surface area contributed by atoms with E-state index in [0.29, 0.717) is 17.0 Å². The number of rotatable bonds is 4. The second kappa shape index (κ2) is 6.18. The molecule has 3 rings (SSSR count). The highest BCUT2D eigenvalue weighted by Gasteiger charge is 2.19. The number of nitrogens with one attached hydrogen (secondary N) is 1. The van der Waals surface area contributed by atoms with Crippen molar-refractivity contribution in [3.63, 3.8) is 0 Å². The van der Waals surface area contributed by atoms with Gasteiger partial charge in [0.25, 0.3) is 0 Å². The average Bonchev–Trinajstić information content (AvgIpc) is 2.96. The molecule has 1 aromatic carbocycles. The highest BCUT2D eigenvalue weighted by Crippen LogP contribution is 2.31. The lowest BCUT2D eigenvalue weighted by Gasteiger charge is -2.27. The van der Waals surface area contributed by atoms with Gasteiger partial charge in [0.2, 0.25) is 5.91 Å². The Morgan fingerprint density at radius 3 is 2.59 bits per heavy atom. The summed E-state index contributed by atoms with van der Waals surface area (Å²) in [4.78, 5) is 14.2. The van der Waals surface area contributed by atoms with E-state index in [2.05, 4.69) is 15.6 Å². The molecule has 0 atom stereocenters. The Kier molecular flexibility index (Phi) is 4.10. The quantitative estimate of drug-likeness (QED) is 0.848. The first-order chi connectivity index (χ1) is 10.7. The average molecular weight is 305 g/mol. The fourth-order valence-electron chi connectivity index (χ4n) is 2.55. The van der Waals surface area contributed by atoms with E-state index < -0.39 is 0 Å². The second-order valence-electron chi connectivity index (χ2n) is 5.07. The number of benzene rings is 1. The Labute approximate surface area is 128 Å². The van der Waals surface area contributed by atoms with Crippen LogP contribution in [0.15, 0.2) is 12.1 Å². The largest absolute Gasteiger partial charge is 0.493 e. The van der Waals surface area contributed by atoms with Crippen molar-refractivity contribution in [3.05, 3.63) is 12.1 Å². The predicted octanol–water partition coefficient (Wildman–Crippen LogP) is -0.120. The van der Waals surface area contributed by atoms with E-state index in [1.165, 1.54) is 0 Å². The van der Waals surface area contributed by atoms with Gasteiger partial charge in [0.05, 0.1) is 19.7 Å². The maximum absolute atomic E-state index is 12.3. The molecule has 1 fully saturated rings. The molecule has 1 aliphatic rings. The van der Waals surface area contributed by atoms with Gasteiger partial charge >= 0.3 is 0 Å². The van der Waals surface area contributed by atoms with Crippen LogP contribution in [0.4, 0.5) is 0 Å². The van der Waals surface area contributed by atoms with Crippen molar-refractivity contribution in [3.8, 4) is 11.5 Å². The zero-order valence-electron chi connectivity index (χ0n) is 12.7. The molecule has 1 N–H and O–H groups in total. The Balaban J connectivity index is 1.86. The summed E-state index contributed by atoms with van der Waals surface area (Å²) in [5, 5.41) is 11.4. The van der Waals surface area contributed by atoms with Gasteiger partial charge in [0, 0.05) is 38.3 Å². The topological polar surface area (TPSA) is 81.5 Å². The minimum Gasteiger partial charge on any atom is -0.493 e. The van der Waals surface area contributed by atoms with Crippen LogP contribution in [0.2, 0.25) is 0 Å². The van der Waals surface area contributed by atoms with Crippen LogP contribution >= 0.6 is 0 Å². The molecular weight excluding hydrogens is 286 g/mol. The molecule has 8 heteroatoms. The van der Waals surface area contributed by atoms with Crippen LogP contribution in [0.1, 0.15) is 0 Å². The smallest absolute Gasteiger partial charge is 0.244 e. The van der Waals surface area contributed by atoms with Crippen molar-refractivity contribution < 1.29 is 14.3 Å². The number of aromatic nitrogens is 3. The predicted molar refractivity (Wildman–Crippen MR) is 80.1 cm³/mol. The standard InChI is InChI=1S/C14H19N5O3/c1-21-12-7-10-11(8-13(12)22-2)19(17-16-10)9-14(20)18-5-3-15-4-6-18/h7-8,15H,3-6,9H2,1-2H3. The minimum absolute atomic E-state index is 0.0445. The van der Waals surface area contributed by atoms with Crippen molar-refractivity contribution >= 4 is 16.9 Å². The monoisotopic (exact) mass is 305 g/mol. The summed E-state index contributed by atoms with van der Waals surface area (Å²) in [6.45, 7) is 3.28. The van der Waals surface area contributed by atoms with E-state index in [4.69, 9.17) is 9.47 Å². The molecule has 0 unspecified atom stereocenters. The minimum atomic E-state index is 0.0445. The second-order valence-corrected chi connectivity index (χ2v) is 5.07. The lowest BCUT2D eigenvalue weighted by molar-refractivity contribution is -0.132. The molecule has 118 valence electrons. The number of amides is 1. The van der Waals surface area contributed by atoms with E-state index in [0.717, 1.165) is 31.7 Å². The number of hydrogen-bond acceptors (Lipinski definition) is 6. The van der Waals surface area contributed by atoms with Gasteiger partial charge in [0.15, 0.2) is 11.5 Å². The zero-order chi connectivity index (χ0) is 15.5. The normalized spacial score (nSPS) is 15.1. The SMILES string of the molecule is COc1cc2nnn(CC(=O)N3CCNCC3)c2cc1OC. The summed E-state index contributed by atoms with van der Waals surface area (Å²) in [6, 6.07) is 3.55. The van der Waals surface area contributed by atoms with E-state index in [-0.39, 0.29) is 12.5 Å². The van der Waals surface area contributed by atoms with Crippen LogP contribution < -0.4 is 14.8 Å². The summed E-state index contributed by atoms with van der Waals surface area (Å²) in [7, 11) is 3.14. The molecule has 2 aromatic rings. The number of methoxy groups -OCH3 is 2. The summed E-state index contributed by atoms with van der Waals surface area (Å²) in [6.07, 6.45) is 0. The molecular formula is C14H19N5O3. The van der Waals surface area contributed by atoms with E-state index in [1.807, 2.05) is 4.90 Å². The maximum Gasteiger partial charge on any atom is 0.244 e. The number of hydrogen-bond donors (Lipinski definition) is 1. The molecule has 0 bridgehead atoms. The Bertz CT molecular complexity index is 678. The first-order valence-electron chi connectivity index (χ1n) is 7.16. The highest BCUT2D eigenvalue weighted by atomic mass is 16.5. The first kappa shape index (κ1) is 14.6. The number of nitrogens with zero attached hydrogens (tertiary/aromatic N) is 4. The Morgan fingerprint density at radius 2 is 1.91 bits per heavy atom. The van der Waals surface area contributed by atoms with E-state index >= 15 is 0 Å². The number of ether oxygens (including phenoxy) is 2. The van der Waals surface area contributed by atoms with Crippen molar-refractivity contribution in [2.24, 2.45) is 0 Å². The fraction of sp³-hybridized carbons (Fsp3) is 0.500. The molecule has 2 heterocycles. The number of piperazine rings is 1. The summed E-state index contributed by atoms with van der Waals surface area (Å²) >= 11 is 0. The molecule has 1 saturated heterocycles. The van der Waals surface area contributed by atoms with Crippen molar-refractivity contribution in [2.75, 3.05) is 40.4 Å². The van der Waals surface area contributed by atoms with E-state index in [1.54, 1.807) is 31.0 Å². The van der Waals surface area contributed by atoms with Gasteiger partial charge in [-0.1, -0.05) is 5.21 Å². The summed E-state index contributed by atoms with van der Waals surface area (Å²) in [5.41, 5.74) is 1.42. The lowest BCUT2D eigenvalue weighted by atomic mass is 10.2. The van der Waals surface area contributed by atoms with Gasteiger partial charge < -0.3 is 19.7 Å². The number of carbonyl (C=O) groups is 1. The van der Waals surface area contributed by atoms with Crippen molar-refractivity contribution in [1.29, 1.82) is 0 Å². The molecule has 1 amide bonds. The van der Waals surface area contributed by atoms with E-state index in [9.17, 15) is 4.79 Å². The van der Waals surface area contributed by atoms with Gasteiger partial charge in [-0.05, 0) is 0 Å². The first-order valence-corrected chi connectivity index (χ1v) is 7.16. The van der Waals surface area contributed by atoms with Crippen LogP contribution in [0.3, 0.4) is 0 Å². The lowest BCUT2D eigenvalue weighted by Crippen LogP contribution is -2.47. The van der Waals surface area contributed by atoms with Gasteiger partial charge in [0.1, 0.15) is 12.1 Å². The van der Waals surface area contributed by atoms with Gasteiger partial charge in [-0.25, -0.2) is 4.68 Å². The summed E-state index contributed by atoms with van der Waals surface area (Å²) < 4.78 is 12.1. The Morgan fingerprint density at radius 1 is 1.23 bits per heavy atom. The van der Waals surface area contributed by atoms with Gasteiger partial charge in [-0.3, -0.25) is 4.79 Å². The molecule has 22 heavy (non-hydrogen) atoms. The van der Waals surface area contributed by atoms with Crippen LogP contribution in [0, 0.1) is 0 Å². The highest BCUT2D eigenvalue weighted by molar-refractivity contribution is 5.82. The third-order valence-corrected chi connectivity index (χ3v) is 3.77. The molecule has 0 aliphatic carbocycles. The van der Waals surface area contributed by atoms with Crippen LogP contribution in [-0.2, 0) is 11.3 Å². The third-order valence-electron chi connectivity index (χ3n) is 3.77. The van der Waals surface area contributed by atoms with Gasteiger partial charge in [-0.2, -0.15) is 0 Å². The molecule has 0 saturated carbocycles. The molecule has 0 spiro atoms.